The molecule has 0 saturated heterocycles. The summed E-state index contributed by atoms with van der Waals surface area (Å²) < 4.78 is 30.3. The van der Waals surface area contributed by atoms with Crippen LogP contribution in [-0.4, -0.2) is 12.1 Å². The van der Waals surface area contributed by atoms with E-state index in [0.29, 0.717) is 16.0 Å². The van der Waals surface area contributed by atoms with Gasteiger partial charge in [0.05, 0.1) is 17.3 Å². The average Bonchev–Trinajstić information content (AvgIpc) is 2.17. The lowest BCUT2D eigenvalue weighted by Crippen LogP contribution is -1.99. The zero-order chi connectivity index (χ0) is 10.7. The van der Waals surface area contributed by atoms with Gasteiger partial charge in [-0.1, -0.05) is 15.9 Å². The van der Waals surface area contributed by atoms with Crippen LogP contribution in [-0.2, 0) is 5.33 Å². The minimum atomic E-state index is -2.53. The molecule has 0 N–H and O–H groups in total. The molecular formula is C8H7Br2F2NO. The number of hydrogen-bond acceptors (Lipinski definition) is 2. The maximum absolute atomic E-state index is 12.5. The van der Waals surface area contributed by atoms with E-state index in [1.807, 2.05) is 0 Å². The number of ether oxygens (including phenoxy) is 1. The van der Waals surface area contributed by atoms with Gasteiger partial charge in [0.1, 0.15) is 0 Å². The van der Waals surface area contributed by atoms with Gasteiger partial charge >= 0.3 is 0 Å². The monoisotopic (exact) mass is 329 g/mol. The highest BCUT2D eigenvalue weighted by Crippen LogP contribution is 2.31. The fourth-order valence-corrected chi connectivity index (χ4v) is 1.91. The Morgan fingerprint density at radius 2 is 2.21 bits per heavy atom. The van der Waals surface area contributed by atoms with E-state index in [2.05, 4.69) is 36.8 Å². The SMILES string of the molecule is COc1nc(CBr)c(C(F)F)cc1Br. The Labute approximate surface area is 96.9 Å². The van der Waals surface area contributed by atoms with Gasteiger partial charge in [0.15, 0.2) is 0 Å². The molecule has 0 spiro atoms. The van der Waals surface area contributed by atoms with Crippen LogP contribution >= 0.6 is 31.9 Å². The van der Waals surface area contributed by atoms with Crippen LogP contribution in [0.25, 0.3) is 0 Å². The molecule has 2 nitrogen and oxygen atoms in total. The normalized spacial score (nSPS) is 10.7. The Bertz CT molecular complexity index is 333. The quantitative estimate of drug-likeness (QED) is 0.789. The third kappa shape index (κ3) is 2.42. The molecule has 0 aliphatic carbocycles. The molecule has 0 saturated carbocycles. The molecule has 0 atom stereocenters. The number of halogens is 4. The zero-order valence-electron chi connectivity index (χ0n) is 7.23. The van der Waals surface area contributed by atoms with Gasteiger partial charge in [0.2, 0.25) is 5.88 Å². The van der Waals surface area contributed by atoms with Crippen molar-refractivity contribution < 1.29 is 13.5 Å². The second-order valence-electron chi connectivity index (χ2n) is 2.45. The molecule has 0 aliphatic rings. The molecule has 1 aromatic rings. The second kappa shape index (κ2) is 5.02. The average molecular weight is 331 g/mol. The minimum absolute atomic E-state index is 0.0884. The highest BCUT2D eigenvalue weighted by molar-refractivity contribution is 9.10. The first kappa shape index (κ1) is 11.8. The van der Waals surface area contributed by atoms with Gasteiger partial charge < -0.3 is 4.74 Å². The van der Waals surface area contributed by atoms with Gasteiger partial charge in [0, 0.05) is 10.9 Å². The van der Waals surface area contributed by atoms with Crippen LogP contribution in [0, 0.1) is 0 Å². The lowest BCUT2D eigenvalue weighted by molar-refractivity contribution is 0.149. The molecule has 0 aromatic carbocycles. The summed E-state index contributed by atoms with van der Waals surface area (Å²) in [5, 5.41) is 0.274. The van der Waals surface area contributed by atoms with Gasteiger partial charge in [-0.05, 0) is 22.0 Å². The van der Waals surface area contributed by atoms with E-state index >= 15 is 0 Å². The maximum atomic E-state index is 12.5. The fourth-order valence-electron chi connectivity index (χ4n) is 0.961. The number of nitrogens with zero attached hydrogens (tertiary/aromatic N) is 1. The molecular weight excluding hydrogens is 324 g/mol. The smallest absolute Gasteiger partial charge is 0.265 e. The number of methoxy groups -OCH3 is 1. The van der Waals surface area contributed by atoms with Crippen molar-refractivity contribution in [1.29, 1.82) is 0 Å². The van der Waals surface area contributed by atoms with Gasteiger partial charge in [-0.3, -0.25) is 0 Å². The molecule has 14 heavy (non-hydrogen) atoms. The lowest BCUT2D eigenvalue weighted by Gasteiger charge is -2.09. The number of hydrogen-bond donors (Lipinski definition) is 0. The van der Waals surface area contributed by atoms with Crippen LogP contribution in [0.4, 0.5) is 8.78 Å². The van der Waals surface area contributed by atoms with Crippen LogP contribution in [0.3, 0.4) is 0 Å². The van der Waals surface area contributed by atoms with Gasteiger partial charge in [0.25, 0.3) is 6.43 Å². The first-order chi connectivity index (χ1) is 6.60. The highest BCUT2D eigenvalue weighted by Gasteiger charge is 2.16. The van der Waals surface area contributed by atoms with E-state index in [1.165, 1.54) is 13.2 Å². The van der Waals surface area contributed by atoms with Crippen molar-refractivity contribution in [3.63, 3.8) is 0 Å². The highest BCUT2D eigenvalue weighted by atomic mass is 79.9. The molecule has 0 fully saturated rings. The molecule has 0 bridgehead atoms. The van der Waals surface area contributed by atoms with E-state index in [1.54, 1.807) is 0 Å². The van der Waals surface area contributed by atoms with E-state index in [0.717, 1.165) is 0 Å². The number of rotatable bonds is 3. The topological polar surface area (TPSA) is 22.1 Å². The lowest BCUT2D eigenvalue weighted by atomic mass is 10.2. The largest absolute Gasteiger partial charge is 0.480 e. The molecule has 1 aromatic heterocycles. The standard InChI is InChI=1S/C8H7Br2F2NO/c1-14-8-5(10)2-4(7(11)12)6(3-9)13-8/h2,7H,3H2,1H3. The molecule has 1 rings (SSSR count). The molecule has 6 heteroatoms. The van der Waals surface area contributed by atoms with Gasteiger partial charge in [-0.2, -0.15) is 0 Å². The summed E-state index contributed by atoms with van der Waals surface area (Å²) >= 11 is 6.20. The van der Waals surface area contributed by atoms with Crippen LogP contribution < -0.4 is 4.74 Å². The summed E-state index contributed by atoms with van der Waals surface area (Å²) in [6, 6.07) is 1.33. The first-order valence-electron chi connectivity index (χ1n) is 3.67. The fraction of sp³-hybridized carbons (Fsp3) is 0.375. The van der Waals surface area contributed by atoms with Crippen molar-refractivity contribution in [1.82, 2.24) is 4.98 Å². The van der Waals surface area contributed by atoms with Crippen LogP contribution in [0.5, 0.6) is 5.88 Å². The Morgan fingerprint density at radius 1 is 1.57 bits per heavy atom. The van der Waals surface area contributed by atoms with Crippen molar-refractivity contribution in [2.45, 2.75) is 11.8 Å². The van der Waals surface area contributed by atoms with E-state index in [9.17, 15) is 8.78 Å². The summed E-state index contributed by atoms with van der Waals surface area (Å²) in [5.74, 6) is 0.309. The third-order valence-corrected chi connectivity index (χ3v) is 2.71. The van der Waals surface area contributed by atoms with Crippen LogP contribution in [0.2, 0.25) is 0 Å². The predicted octanol–water partition coefficient (Wildman–Crippen LogP) is 3.69. The third-order valence-electron chi connectivity index (χ3n) is 1.61. The number of alkyl halides is 3. The Kier molecular flexibility index (Phi) is 4.25. The zero-order valence-corrected chi connectivity index (χ0v) is 10.4. The van der Waals surface area contributed by atoms with Crippen molar-refractivity contribution >= 4 is 31.9 Å². The Hall–Kier alpha value is -0.230. The first-order valence-corrected chi connectivity index (χ1v) is 5.59. The number of pyridine rings is 1. The van der Waals surface area contributed by atoms with Crippen LogP contribution in [0.15, 0.2) is 10.5 Å². The molecule has 78 valence electrons. The van der Waals surface area contributed by atoms with E-state index < -0.39 is 6.43 Å². The predicted molar refractivity (Wildman–Crippen MR) is 56.1 cm³/mol. The maximum Gasteiger partial charge on any atom is 0.265 e. The van der Waals surface area contributed by atoms with E-state index in [4.69, 9.17) is 4.74 Å². The Morgan fingerprint density at radius 3 is 2.64 bits per heavy atom. The van der Waals surface area contributed by atoms with Gasteiger partial charge in [-0.25, -0.2) is 13.8 Å². The number of aromatic nitrogens is 1. The molecule has 0 unspecified atom stereocenters. The summed E-state index contributed by atoms with van der Waals surface area (Å²) in [5.41, 5.74) is 0.203. The van der Waals surface area contributed by atoms with Crippen LogP contribution in [0.1, 0.15) is 17.7 Å². The van der Waals surface area contributed by atoms with Crippen molar-refractivity contribution in [2.24, 2.45) is 0 Å². The molecule has 0 amide bonds. The molecule has 0 radical (unpaired) electrons. The van der Waals surface area contributed by atoms with Gasteiger partial charge in [-0.15, -0.1) is 0 Å². The van der Waals surface area contributed by atoms with E-state index in [-0.39, 0.29) is 10.9 Å². The summed E-state index contributed by atoms with van der Waals surface area (Å²) in [4.78, 5) is 3.93. The minimum Gasteiger partial charge on any atom is -0.480 e. The van der Waals surface area contributed by atoms with Crippen molar-refractivity contribution in [2.75, 3.05) is 7.11 Å². The second-order valence-corrected chi connectivity index (χ2v) is 3.86. The van der Waals surface area contributed by atoms with Crippen molar-refractivity contribution in [3.8, 4) is 5.88 Å². The summed E-state index contributed by atoms with van der Waals surface area (Å²) in [6.45, 7) is 0. The Balaban J connectivity index is 3.24. The summed E-state index contributed by atoms with van der Waals surface area (Å²) in [6.07, 6.45) is -2.53. The van der Waals surface area contributed by atoms with Crippen molar-refractivity contribution in [3.05, 3.63) is 21.8 Å². The molecule has 0 aliphatic heterocycles. The molecule has 1 heterocycles. The summed E-state index contributed by atoms with van der Waals surface area (Å²) in [7, 11) is 1.44.